The minimum Gasteiger partial charge on any atom is -0.462 e. The summed E-state index contributed by atoms with van der Waals surface area (Å²) in [6.07, 6.45) is 65.4. The Hall–Kier alpha value is -3.67. The van der Waals surface area contributed by atoms with Gasteiger partial charge in [0, 0.05) is 19.3 Å². The summed E-state index contributed by atoms with van der Waals surface area (Å²) in [6.45, 7) is 6.38. The predicted octanol–water partition coefficient (Wildman–Crippen LogP) is 16.6. The summed E-state index contributed by atoms with van der Waals surface area (Å²) in [7, 11) is 0. The predicted molar refractivity (Wildman–Crippen MR) is 265 cm³/mol. The molecule has 0 aromatic carbocycles. The fourth-order valence-corrected chi connectivity index (χ4v) is 6.53. The van der Waals surface area contributed by atoms with Gasteiger partial charge in [0.1, 0.15) is 13.2 Å². The van der Waals surface area contributed by atoms with E-state index >= 15 is 0 Å². The van der Waals surface area contributed by atoms with Crippen LogP contribution in [0.25, 0.3) is 0 Å². The topological polar surface area (TPSA) is 78.9 Å². The minimum atomic E-state index is -0.819. The average molecular weight is 861 g/mol. The quantitative estimate of drug-likeness (QED) is 0.0200. The molecule has 0 radical (unpaired) electrons. The van der Waals surface area contributed by atoms with E-state index in [0.717, 1.165) is 103 Å². The van der Waals surface area contributed by atoms with Crippen molar-refractivity contribution in [1.82, 2.24) is 0 Å². The molecule has 0 amide bonds. The van der Waals surface area contributed by atoms with Crippen LogP contribution in [0.4, 0.5) is 0 Å². The Morgan fingerprint density at radius 1 is 0.355 bits per heavy atom. The lowest BCUT2D eigenvalue weighted by Gasteiger charge is -2.18. The summed E-state index contributed by atoms with van der Waals surface area (Å²) in [5.74, 6) is -1.03. The van der Waals surface area contributed by atoms with Gasteiger partial charge in [-0.3, -0.25) is 14.4 Å². The smallest absolute Gasteiger partial charge is 0.306 e. The number of carbonyl (C=O) groups is 3. The Labute approximate surface area is 381 Å². The standard InChI is InChI=1S/C56H92O6/c1-4-7-10-13-16-19-22-25-27-29-31-34-37-40-43-46-49-55(58)61-52-53(51-60-54(57)48-45-42-39-36-33-30-24-21-18-15-12-9-6-3)62-56(59)50-47-44-41-38-35-32-28-26-23-20-17-14-11-8-5-2/h7,10,16-17,19-20,23,25-27,30-31,33-34,40,43,53H,4-6,8-9,11-15,18,21-22,24,28-29,32,35-39,41-42,44-52H2,1-3H3/b10-7-,19-16-,20-17-,26-23-,27-25-,33-30-,34-31-,43-40-. The third-order valence-corrected chi connectivity index (χ3v) is 10.3. The maximum absolute atomic E-state index is 12.8. The lowest BCUT2D eigenvalue weighted by Crippen LogP contribution is -2.30. The highest BCUT2D eigenvalue weighted by Gasteiger charge is 2.19. The van der Waals surface area contributed by atoms with E-state index in [1.165, 1.54) is 70.6 Å². The average Bonchev–Trinajstić information content (AvgIpc) is 3.27. The van der Waals surface area contributed by atoms with Crippen molar-refractivity contribution in [2.75, 3.05) is 13.2 Å². The van der Waals surface area contributed by atoms with Gasteiger partial charge in [-0.2, -0.15) is 0 Å². The maximum Gasteiger partial charge on any atom is 0.306 e. The Morgan fingerprint density at radius 3 is 1.23 bits per heavy atom. The van der Waals surface area contributed by atoms with Crippen LogP contribution in [0.3, 0.4) is 0 Å². The summed E-state index contributed by atoms with van der Waals surface area (Å²) in [5.41, 5.74) is 0. The van der Waals surface area contributed by atoms with Crippen molar-refractivity contribution in [3.05, 3.63) is 97.2 Å². The number of unbranched alkanes of at least 4 members (excludes halogenated alkanes) is 18. The summed E-state index contributed by atoms with van der Waals surface area (Å²) in [4.78, 5) is 37.9. The summed E-state index contributed by atoms with van der Waals surface area (Å²) < 4.78 is 16.7. The highest BCUT2D eigenvalue weighted by atomic mass is 16.6. The second-order valence-electron chi connectivity index (χ2n) is 16.4. The van der Waals surface area contributed by atoms with Crippen LogP contribution in [0.5, 0.6) is 0 Å². The van der Waals surface area contributed by atoms with Gasteiger partial charge in [-0.05, 0) is 103 Å². The van der Waals surface area contributed by atoms with Gasteiger partial charge in [-0.15, -0.1) is 0 Å². The van der Waals surface area contributed by atoms with E-state index in [-0.39, 0.29) is 37.5 Å². The molecule has 0 fully saturated rings. The summed E-state index contributed by atoms with van der Waals surface area (Å²) in [6, 6.07) is 0. The molecule has 0 saturated heterocycles. The van der Waals surface area contributed by atoms with E-state index < -0.39 is 6.10 Å². The van der Waals surface area contributed by atoms with Crippen LogP contribution in [-0.2, 0) is 28.6 Å². The largest absolute Gasteiger partial charge is 0.462 e. The zero-order valence-corrected chi connectivity index (χ0v) is 40.1. The van der Waals surface area contributed by atoms with Crippen LogP contribution in [-0.4, -0.2) is 37.2 Å². The molecular formula is C56H92O6. The molecule has 6 heteroatoms. The molecule has 0 spiro atoms. The third-order valence-electron chi connectivity index (χ3n) is 10.3. The van der Waals surface area contributed by atoms with Gasteiger partial charge in [-0.1, -0.05) is 195 Å². The molecule has 0 aromatic rings. The van der Waals surface area contributed by atoms with E-state index in [2.05, 4.69) is 106 Å². The van der Waals surface area contributed by atoms with Gasteiger partial charge in [0.15, 0.2) is 6.10 Å². The van der Waals surface area contributed by atoms with Crippen molar-refractivity contribution in [2.24, 2.45) is 0 Å². The molecule has 1 atom stereocenters. The molecule has 0 saturated carbocycles. The maximum atomic E-state index is 12.8. The highest BCUT2D eigenvalue weighted by Crippen LogP contribution is 2.13. The van der Waals surface area contributed by atoms with Crippen molar-refractivity contribution >= 4 is 17.9 Å². The van der Waals surface area contributed by atoms with Crippen LogP contribution < -0.4 is 0 Å². The van der Waals surface area contributed by atoms with E-state index in [1.54, 1.807) is 0 Å². The molecule has 6 nitrogen and oxygen atoms in total. The second kappa shape index (κ2) is 50.0. The van der Waals surface area contributed by atoms with Crippen molar-refractivity contribution in [3.63, 3.8) is 0 Å². The second-order valence-corrected chi connectivity index (χ2v) is 16.4. The van der Waals surface area contributed by atoms with Crippen LogP contribution in [0, 0.1) is 0 Å². The monoisotopic (exact) mass is 861 g/mol. The number of rotatable bonds is 44. The summed E-state index contributed by atoms with van der Waals surface area (Å²) >= 11 is 0. The number of esters is 3. The molecule has 0 aliphatic rings. The first-order valence-corrected chi connectivity index (χ1v) is 25.3. The van der Waals surface area contributed by atoms with E-state index in [4.69, 9.17) is 14.2 Å². The van der Waals surface area contributed by atoms with Crippen molar-refractivity contribution < 1.29 is 28.6 Å². The van der Waals surface area contributed by atoms with Crippen LogP contribution in [0.15, 0.2) is 97.2 Å². The SMILES string of the molecule is CC/C=C\C/C=C\C/C=C\C/C=C\C/C=C\CCC(=O)OCC(COC(=O)CCCCC/C=C\CCCCCCCC)OC(=O)CCCCCCCC/C=C\C=C/CCCCC. The van der Waals surface area contributed by atoms with E-state index in [1.807, 2.05) is 12.2 Å². The van der Waals surface area contributed by atoms with E-state index in [9.17, 15) is 14.4 Å². The number of hydrogen-bond acceptors (Lipinski definition) is 6. The molecule has 352 valence electrons. The Kier molecular flexibility index (Phi) is 47.0. The number of allylic oxidation sites excluding steroid dienone is 16. The van der Waals surface area contributed by atoms with Gasteiger partial charge >= 0.3 is 17.9 Å². The van der Waals surface area contributed by atoms with Crippen molar-refractivity contribution in [1.29, 1.82) is 0 Å². The lowest BCUT2D eigenvalue weighted by molar-refractivity contribution is -0.166. The Bertz CT molecular complexity index is 1260. The lowest BCUT2D eigenvalue weighted by atomic mass is 10.1. The molecule has 0 aromatic heterocycles. The first-order chi connectivity index (χ1) is 30.5. The van der Waals surface area contributed by atoms with Gasteiger partial charge in [0.2, 0.25) is 0 Å². The van der Waals surface area contributed by atoms with Crippen molar-refractivity contribution in [3.8, 4) is 0 Å². The molecule has 0 rings (SSSR count). The molecule has 0 bridgehead atoms. The number of ether oxygens (including phenoxy) is 3. The molecular weight excluding hydrogens is 769 g/mol. The zero-order chi connectivity index (χ0) is 45.1. The molecule has 1 unspecified atom stereocenters. The normalized spacial score (nSPS) is 12.9. The summed E-state index contributed by atoms with van der Waals surface area (Å²) in [5, 5.41) is 0. The molecule has 0 heterocycles. The minimum absolute atomic E-state index is 0.114. The Morgan fingerprint density at radius 2 is 0.710 bits per heavy atom. The number of carbonyl (C=O) groups excluding carboxylic acids is 3. The molecule has 0 N–H and O–H groups in total. The van der Waals surface area contributed by atoms with Crippen LogP contribution in [0.1, 0.15) is 220 Å². The van der Waals surface area contributed by atoms with E-state index in [0.29, 0.717) is 19.3 Å². The van der Waals surface area contributed by atoms with Gasteiger partial charge in [0.05, 0.1) is 0 Å². The van der Waals surface area contributed by atoms with Crippen molar-refractivity contribution in [2.45, 2.75) is 226 Å². The fourth-order valence-electron chi connectivity index (χ4n) is 6.53. The fraction of sp³-hybridized carbons (Fsp3) is 0.661. The molecule has 0 aliphatic heterocycles. The Balaban J connectivity index is 4.55. The highest BCUT2D eigenvalue weighted by molar-refractivity contribution is 5.71. The molecule has 62 heavy (non-hydrogen) atoms. The van der Waals surface area contributed by atoms with Gasteiger partial charge < -0.3 is 14.2 Å². The third kappa shape index (κ3) is 47.4. The molecule has 0 aliphatic carbocycles. The first-order valence-electron chi connectivity index (χ1n) is 25.3. The number of hydrogen-bond donors (Lipinski definition) is 0. The van der Waals surface area contributed by atoms with Gasteiger partial charge in [0.25, 0.3) is 0 Å². The van der Waals surface area contributed by atoms with Gasteiger partial charge in [-0.25, -0.2) is 0 Å². The van der Waals surface area contributed by atoms with Crippen LogP contribution in [0.2, 0.25) is 0 Å². The van der Waals surface area contributed by atoms with Crippen LogP contribution >= 0.6 is 0 Å². The first kappa shape index (κ1) is 58.3. The zero-order valence-electron chi connectivity index (χ0n) is 40.1.